The first-order chi connectivity index (χ1) is 14.6. The Balaban J connectivity index is 1.46. The van der Waals surface area contributed by atoms with E-state index >= 15 is 0 Å². The molecular formula is C23H20ClN5O. The van der Waals surface area contributed by atoms with Crippen molar-refractivity contribution < 1.29 is 4.79 Å². The van der Waals surface area contributed by atoms with Gasteiger partial charge in [-0.25, -0.2) is 9.97 Å². The minimum atomic E-state index is 0.192. The second-order valence-electron chi connectivity index (χ2n) is 7.39. The summed E-state index contributed by atoms with van der Waals surface area (Å²) in [6.07, 6.45) is 7.02. The molecule has 4 aromatic rings. The minimum Gasteiger partial charge on any atom is -0.337 e. The summed E-state index contributed by atoms with van der Waals surface area (Å²) in [7, 11) is 0. The number of aromatic nitrogens is 3. The molecule has 1 fully saturated rings. The summed E-state index contributed by atoms with van der Waals surface area (Å²) in [5.41, 5.74) is 5.65. The fourth-order valence-corrected chi connectivity index (χ4v) is 4.04. The predicted molar refractivity (Wildman–Crippen MR) is 119 cm³/mol. The number of nitrogens with one attached hydrogen (secondary N) is 1. The highest BCUT2D eigenvalue weighted by Crippen LogP contribution is 2.30. The molecule has 2 aromatic carbocycles. The summed E-state index contributed by atoms with van der Waals surface area (Å²) in [4.78, 5) is 23.0. The zero-order valence-electron chi connectivity index (χ0n) is 16.5. The predicted octanol–water partition coefficient (Wildman–Crippen LogP) is 5.23. The van der Waals surface area contributed by atoms with Crippen molar-refractivity contribution in [3.8, 4) is 11.3 Å². The molecular weight excluding hydrogens is 398 g/mol. The molecule has 0 atom stereocenters. The van der Waals surface area contributed by atoms with Gasteiger partial charge in [-0.2, -0.15) is 0 Å². The zero-order valence-corrected chi connectivity index (χ0v) is 17.2. The Kier molecular flexibility index (Phi) is 4.64. The van der Waals surface area contributed by atoms with E-state index in [4.69, 9.17) is 11.6 Å². The van der Waals surface area contributed by atoms with Crippen LogP contribution >= 0.6 is 11.6 Å². The number of hydrogen-bond acceptors (Lipinski definition) is 4. The van der Waals surface area contributed by atoms with Gasteiger partial charge in [-0.1, -0.05) is 23.7 Å². The molecule has 0 saturated carbocycles. The number of aryl methyl sites for hydroxylation is 1. The van der Waals surface area contributed by atoms with Crippen LogP contribution in [0.25, 0.3) is 16.9 Å². The van der Waals surface area contributed by atoms with Crippen LogP contribution in [0.2, 0.25) is 5.02 Å². The van der Waals surface area contributed by atoms with Crippen molar-refractivity contribution in [2.75, 3.05) is 16.8 Å². The van der Waals surface area contributed by atoms with E-state index in [9.17, 15) is 4.79 Å². The van der Waals surface area contributed by atoms with Crippen LogP contribution in [0.1, 0.15) is 18.4 Å². The quantitative estimate of drug-likeness (QED) is 0.494. The third kappa shape index (κ3) is 3.29. The molecule has 0 unspecified atom stereocenters. The summed E-state index contributed by atoms with van der Waals surface area (Å²) in [5.74, 6) is 0.861. The molecule has 0 aliphatic carbocycles. The van der Waals surface area contributed by atoms with Gasteiger partial charge < -0.3 is 10.2 Å². The van der Waals surface area contributed by atoms with E-state index in [-0.39, 0.29) is 5.91 Å². The summed E-state index contributed by atoms with van der Waals surface area (Å²) in [5, 5.41) is 4.07. The van der Waals surface area contributed by atoms with Crippen molar-refractivity contribution in [2.24, 2.45) is 0 Å². The first-order valence-corrected chi connectivity index (χ1v) is 10.2. The summed E-state index contributed by atoms with van der Waals surface area (Å²) >= 11 is 6.02. The van der Waals surface area contributed by atoms with Crippen LogP contribution in [-0.4, -0.2) is 26.8 Å². The third-order valence-corrected chi connectivity index (χ3v) is 5.64. The van der Waals surface area contributed by atoms with Crippen LogP contribution in [0.5, 0.6) is 0 Å². The van der Waals surface area contributed by atoms with E-state index in [1.165, 1.54) is 0 Å². The number of halogens is 1. The maximum absolute atomic E-state index is 12.1. The van der Waals surface area contributed by atoms with Crippen LogP contribution in [0, 0.1) is 6.92 Å². The summed E-state index contributed by atoms with van der Waals surface area (Å²) < 4.78 is 2.00. The number of carbonyl (C=O) groups is 1. The number of nitrogens with zero attached hydrogens (tertiary/aromatic N) is 4. The van der Waals surface area contributed by atoms with Gasteiger partial charge in [-0.15, -0.1) is 0 Å². The van der Waals surface area contributed by atoms with Gasteiger partial charge in [0.25, 0.3) is 0 Å². The highest BCUT2D eigenvalue weighted by Gasteiger charge is 2.23. The molecule has 2 aromatic heterocycles. The van der Waals surface area contributed by atoms with E-state index in [0.29, 0.717) is 17.3 Å². The molecule has 1 saturated heterocycles. The van der Waals surface area contributed by atoms with Crippen LogP contribution < -0.4 is 10.2 Å². The first kappa shape index (κ1) is 18.6. The molecule has 7 heteroatoms. The standard InChI is InChI=1S/C23H20ClN5O/c1-15-13-18(8-9-19(15)28-11-2-3-21(28)30)27-22-23-26-14-20(29(23)12-10-25-22)16-4-6-17(24)7-5-16/h4-10,12-14H,2-3,11H2,1H3,(H,25,27). The van der Waals surface area contributed by atoms with Crippen LogP contribution in [0.3, 0.4) is 0 Å². The highest BCUT2D eigenvalue weighted by molar-refractivity contribution is 6.30. The second-order valence-corrected chi connectivity index (χ2v) is 7.83. The number of fused-ring (bicyclic) bond motifs is 1. The van der Waals surface area contributed by atoms with Crippen molar-refractivity contribution in [3.63, 3.8) is 0 Å². The SMILES string of the molecule is Cc1cc(Nc2nccn3c(-c4ccc(Cl)cc4)cnc23)ccc1N1CCCC1=O. The molecule has 0 radical (unpaired) electrons. The molecule has 3 heterocycles. The highest BCUT2D eigenvalue weighted by atomic mass is 35.5. The van der Waals surface area contributed by atoms with Crippen molar-refractivity contribution in [1.82, 2.24) is 14.4 Å². The fraction of sp³-hybridized carbons (Fsp3) is 0.174. The van der Waals surface area contributed by atoms with Gasteiger partial charge >= 0.3 is 0 Å². The smallest absolute Gasteiger partial charge is 0.227 e. The van der Waals surface area contributed by atoms with Gasteiger partial charge in [0, 0.05) is 47.3 Å². The van der Waals surface area contributed by atoms with Crippen LogP contribution in [0.15, 0.2) is 61.1 Å². The lowest BCUT2D eigenvalue weighted by atomic mass is 10.1. The number of benzene rings is 2. The number of rotatable bonds is 4. The van der Waals surface area contributed by atoms with Gasteiger partial charge in [0.1, 0.15) is 0 Å². The molecule has 0 bridgehead atoms. The number of amides is 1. The molecule has 30 heavy (non-hydrogen) atoms. The maximum Gasteiger partial charge on any atom is 0.227 e. The van der Waals surface area contributed by atoms with Gasteiger partial charge in [0.15, 0.2) is 11.5 Å². The Morgan fingerprint density at radius 1 is 1.10 bits per heavy atom. The molecule has 1 amide bonds. The topological polar surface area (TPSA) is 62.5 Å². The van der Waals surface area contributed by atoms with Gasteiger partial charge in [0.05, 0.1) is 11.9 Å². The fourth-order valence-electron chi connectivity index (χ4n) is 3.92. The van der Waals surface area contributed by atoms with E-state index in [1.54, 1.807) is 6.20 Å². The van der Waals surface area contributed by atoms with E-state index < -0.39 is 0 Å². The maximum atomic E-state index is 12.1. The Labute approximate surface area is 179 Å². The van der Waals surface area contributed by atoms with Gasteiger partial charge in [0.2, 0.25) is 5.91 Å². The number of carbonyl (C=O) groups excluding carboxylic acids is 1. The van der Waals surface area contributed by atoms with E-state index in [1.807, 2.05) is 71.1 Å². The molecule has 1 N–H and O–H groups in total. The number of hydrogen-bond donors (Lipinski definition) is 1. The zero-order chi connectivity index (χ0) is 20.7. The Bertz CT molecular complexity index is 1250. The molecule has 150 valence electrons. The summed E-state index contributed by atoms with van der Waals surface area (Å²) in [6, 6.07) is 13.7. The molecule has 1 aliphatic rings. The Morgan fingerprint density at radius 3 is 2.67 bits per heavy atom. The number of imidazole rings is 1. The van der Waals surface area contributed by atoms with Gasteiger partial charge in [-0.3, -0.25) is 9.20 Å². The van der Waals surface area contributed by atoms with Crippen molar-refractivity contribution in [3.05, 3.63) is 71.6 Å². The number of anilines is 3. The Hall–Kier alpha value is -3.38. The normalized spacial score (nSPS) is 13.9. The lowest BCUT2D eigenvalue weighted by molar-refractivity contribution is -0.117. The second kappa shape index (κ2) is 7.46. The largest absolute Gasteiger partial charge is 0.337 e. The molecule has 1 aliphatic heterocycles. The molecule has 5 rings (SSSR count). The van der Waals surface area contributed by atoms with Crippen molar-refractivity contribution >= 4 is 40.3 Å². The lowest BCUT2D eigenvalue weighted by Gasteiger charge is -2.19. The third-order valence-electron chi connectivity index (χ3n) is 5.39. The first-order valence-electron chi connectivity index (χ1n) is 9.86. The van der Waals surface area contributed by atoms with Crippen molar-refractivity contribution in [2.45, 2.75) is 19.8 Å². The average Bonchev–Trinajstić information content (AvgIpc) is 3.36. The monoisotopic (exact) mass is 417 g/mol. The Morgan fingerprint density at radius 2 is 1.93 bits per heavy atom. The molecule has 0 spiro atoms. The summed E-state index contributed by atoms with van der Waals surface area (Å²) in [6.45, 7) is 2.81. The van der Waals surface area contributed by atoms with E-state index in [0.717, 1.165) is 46.8 Å². The van der Waals surface area contributed by atoms with Crippen LogP contribution in [0.4, 0.5) is 17.2 Å². The molecule has 6 nitrogen and oxygen atoms in total. The lowest BCUT2D eigenvalue weighted by Crippen LogP contribution is -2.24. The van der Waals surface area contributed by atoms with Crippen molar-refractivity contribution in [1.29, 1.82) is 0 Å². The van der Waals surface area contributed by atoms with Crippen LogP contribution in [-0.2, 0) is 4.79 Å². The minimum absolute atomic E-state index is 0.192. The van der Waals surface area contributed by atoms with Gasteiger partial charge in [-0.05, 0) is 49.2 Å². The average molecular weight is 418 g/mol. The van der Waals surface area contributed by atoms with E-state index in [2.05, 4.69) is 15.3 Å².